The maximum Gasteiger partial charge on any atom is 0.0663 e. The van der Waals surface area contributed by atoms with Crippen LogP contribution in [0.4, 0.5) is 5.69 Å². The molecule has 0 fully saturated rings. The molecule has 1 aliphatic heterocycles. The average molecular weight is 234 g/mol. The van der Waals surface area contributed by atoms with Gasteiger partial charge in [-0.1, -0.05) is 18.2 Å². The maximum atomic E-state index is 5.27. The zero-order chi connectivity index (χ0) is 12.3. The fourth-order valence-corrected chi connectivity index (χ4v) is 2.68. The van der Waals surface area contributed by atoms with Crippen LogP contribution in [0.25, 0.3) is 0 Å². The smallest absolute Gasteiger partial charge is 0.0663 e. The quantitative estimate of drug-likeness (QED) is 0.864. The van der Waals surface area contributed by atoms with Crippen LogP contribution in [-0.2, 0) is 4.74 Å². The van der Waals surface area contributed by atoms with E-state index in [1.807, 2.05) is 7.05 Å². The molecular formula is C14H22N2O. The Labute approximate surface area is 104 Å². The number of ether oxygens (including phenoxy) is 1. The van der Waals surface area contributed by atoms with Crippen LogP contribution < -0.4 is 10.2 Å². The van der Waals surface area contributed by atoms with Crippen LogP contribution in [0.3, 0.4) is 0 Å². The highest BCUT2D eigenvalue weighted by atomic mass is 16.5. The highest BCUT2D eigenvalue weighted by Crippen LogP contribution is 2.34. The monoisotopic (exact) mass is 234 g/mol. The van der Waals surface area contributed by atoms with E-state index < -0.39 is 0 Å². The molecule has 1 aromatic carbocycles. The summed E-state index contributed by atoms with van der Waals surface area (Å²) in [5.41, 5.74) is 2.76. The molecule has 3 nitrogen and oxygen atoms in total. The van der Waals surface area contributed by atoms with Gasteiger partial charge in [0.2, 0.25) is 0 Å². The third kappa shape index (κ3) is 2.45. The third-order valence-corrected chi connectivity index (χ3v) is 3.57. The van der Waals surface area contributed by atoms with Crippen molar-refractivity contribution in [1.29, 1.82) is 0 Å². The molecule has 17 heavy (non-hydrogen) atoms. The van der Waals surface area contributed by atoms with Gasteiger partial charge in [0.05, 0.1) is 6.61 Å². The lowest BCUT2D eigenvalue weighted by Gasteiger charge is -2.39. The van der Waals surface area contributed by atoms with Gasteiger partial charge in [0, 0.05) is 31.4 Å². The Bertz CT molecular complexity index is 367. The molecule has 1 heterocycles. The molecule has 3 heteroatoms. The first-order valence-electron chi connectivity index (χ1n) is 6.29. The van der Waals surface area contributed by atoms with Crippen LogP contribution in [0.5, 0.6) is 0 Å². The zero-order valence-corrected chi connectivity index (χ0v) is 10.9. The molecule has 0 saturated heterocycles. The molecule has 0 radical (unpaired) electrons. The van der Waals surface area contributed by atoms with Crippen molar-refractivity contribution in [2.24, 2.45) is 0 Å². The molecule has 0 spiro atoms. The molecule has 94 valence electrons. The van der Waals surface area contributed by atoms with E-state index in [1.54, 1.807) is 7.11 Å². The van der Waals surface area contributed by atoms with Crippen molar-refractivity contribution in [2.45, 2.75) is 25.4 Å². The van der Waals surface area contributed by atoms with E-state index in [2.05, 4.69) is 41.4 Å². The Morgan fingerprint density at radius 1 is 1.47 bits per heavy atom. The van der Waals surface area contributed by atoms with Gasteiger partial charge in [-0.25, -0.2) is 0 Å². The number of benzene rings is 1. The summed E-state index contributed by atoms with van der Waals surface area (Å²) in [6.07, 6.45) is 1.15. The lowest BCUT2D eigenvalue weighted by molar-refractivity contribution is 0.180. The van der Waals surface area contributed by atoms with Crippen LogP contribution in [0.2, 0.25) is 0 Å². The summed E-state index contributed by atoms with van der Waals surface area (Å²) in [5.74, 6) is 0. The number of anilines is 1. The Kier molecular flexibility index (Phi) is 4.02. The van der Waals surface area contributed by atoms with E-state index in [0.717, 1.165) is 19.6 Å². The molecule has 1 aromatic rings. The molecule has 1 aliphatic rings. The summed E-state index contributed by atoms with van der Waals surface area (Å²) in [6.45, 7) is 4.09. The lowest BCUT2D eigenvalue weighted by atomic mass is 9.95. The van der Waals surface area contributed by atoms with Crippen molar-refractivity contribution >= 4 is 5.69 Å². The predicted molar refractivity (Wildman–Crippen MR) is 71.5 cm³/mol. The van der Waals surface area contributed by atoms with Crippen molar-refractivity contribution in [3.63, 3.8) is 0 Å². The number of fused-ring (bicyclic) bond motifs is 1. The Hall–Kier alpha value is -1.06. The summed E-state index contributed by atoms with van der Waals surface area (Å²) in [4.78, 5) is 2.45. The van der Waals surface area contributed by atoms with Crippen LogP contribution in [0.1, 0.15) is 24.9 Å². The van der Waals surface area contributed by atoms with Crippen molar-refractivity contribution in [1.82, 2.24) is 5.32 Å². The van der Waals surface area contributed by atoms with Gasteiger partial charge in [0.25, 0.3) is 0 Å². The number of hydrogen-bond acceptors (Lipinski definition) is 3. The van der Waals surface area contributed by atoms with Crippen LogP contribution in [-0.4, -0.2) is 33.4 Å². The highest BCUT2D eigenvalue weighted by molar-refractivity contribution is 5.57. The van der Waals surface area contributed by atoms with Gasteiger partial charge in [-0.2, -0.15) is 0 Å². The molecule has 0 amide bonds. The van der Waals surface area contributed by atoms with Crippen LogP contribution >= 0.6 is 0 Å². The third-order valence-electron chi connectivity index (χ3n) is 3.57. The largest absolute Gasteiger partial charge is 0.383 e. The molecule has 0 bridgehead atoms. The first kappa shape index (κ1) is 12.4. The fourth-order valence-electron chi connectivity index (χ4n) is 2.68. The first-order valence-corrected chi connectivity index (χ1v) is 6.29. The van der Waals surface area contributed by atoms with E-state index in [-0.39, 0.29) is 0 Å². The van der Waals surface area contributed by atoms with Crippen molar-refractivity contribution in [3.05, 3.63) is 29.8 Å². The normalized spacial score (nSPS) is 21.1. The Morgan fingerprint density at radius 3 is 2.94 bits per heavy atom. The second-order valence-corrected chi connectivity index (χ2v) is 4.69. The predicted octanol–water partition coefficient (Wildman–Crippen LogP) is 2.19. The first-order chi connectivity index (χ1) is 8.27. The maximum absolute atomic E-state index is 5.27. The molecule has 2 rings (SSSR count). The van der Waals surface area contributed by atoms with E-state index in [0.29, 0.717) is 12.1 Å². The minimum Gasteiger partial charge on any atom is -0.383 e. The number of hydrogen-bond donors (Lipinski definition) is 1. The molecule has 0 saturated carbocycles. The molecule has 1 N–H and O–H groups in total. The molecule has 0 aliphatic carbocycles. The minimum atomic E-state index is 0.430. The molecular weight excluding hydrogens is 212 g/mol. The zero-order valence-electron chi connectivity index (χ0n) is 10.9. The SMILES string of the molecule is CNC1CCN(C(C)COC)c2ccccc21. The summed E-state index contributed by atoms with van der Waals surface area (Å²) < 4.78 is 5.27. The standard InChI is InChI=1S/C14H22N2O/c1-11(10-17-3)16-9-8-13(15-2)12-6-4-5-7-14(12)16/h4-7,11,13,15H,8-10H2,1-3H3. The summed E-state index contributed by atoms with van der Waals surface area (Å²) in [6, 6.07) is 9.58. The van der Waals surface area contributed by atoms with Gasteiger partial charge in [0.1, 0.15) is 0 Å². The van der Waals surface area contributed by atoms with Crippen molar-refractivity contribution in [3.8, 4) is 0 Å². The second kappa shape index (κ2) is 5.52. The average Bonchev–Trinajstić information content (AvgIpc) is 2.37. The van der Waals surface area contributed by atoms with E-state index in [4.69, 9.17) is 4.74 Å². The highest BCUT2D eigenvalue weighted by Gasteiger charge is 2.26. The van der Waals surface area contributed by atoms with E-state index in [1.165, 1.54) is 11.3 Å². The van der Waals surface area contributed by atoms with Gasteiger partial charge in [0.15, 0.2) is 0 Å². The number of nitrogens with one attached hydrogen (secondary N) is 1. The Morgan fingerprint density at radius 2 is 2.24 bits per heavy atom. The number of rotatable bonds is 4. The summed E-state index contributed by atoms with van der Waals surface area (Å²) in [7, 11) is 3.80. The van der Waals surface area contributed by atoms with Gasteiger partial charge >= 0.3 is 0 Å². The topological polar surface area (TPSA) is 24.5 Å². The van der Waals surface area contributed by atoms with Gasteiger partial charge < -0.3 is 15.0 Å². The second-order valence-electron chi connectivity index (χ2n) is 4.69. The van der Waals surface area contributed by atoms with E-state index in [9.17, 15) is 0 Å². The van der Waals surface area contributed by atoms with Gasteiger partial charge in [-0.05, 0) is 32.0 Å². The van der Waals surface area contributed by atoms with Crippen molar-refractivity contribution < 1.29 is 4.74 Å². The summed E-state index contributed by atoms with van der Waals surface area (Å²) >= 11 is 0. The molecule has 0 aromatic heterocycles. The minimum absolute atomic E-state index is 0.430. The van der Waals surface area contributed by atoms with Crippen LogP contribution in [0.15, 0.2) is 24.3 Å². The number of nitrogens with zero attached hydrogens (tertiary/aromatic N) is 1. The summed E-state index contributed by atoms with van der Waals surface area (Å²) in [5, 5.41) is 3.39. The van der Waals surface area contributed by atoms with Gasteiger partial charge in [-0.3, -0.25) is 0 Å². The fraction of sp³-hybridized carbons (Fsp3) is 0.571. The Balaban J connectivity index is 2.27. The number of para-hydroxylation sites is 1. The molecule has 2 atom stereocenters. The van der Waals surface area contributed by atoms with E-state index >= 15 is 0 Å². The molecule has 2 unspecified atom stereocenters. The van der Waals surface area contributed by atoms with Gasteiger partial charge in [-0.15, -0.1) is 0 Å². The van der Waals surface area contributed by atoms with Crippen LogP contribution in [0, 0.1) is 0 Å². The number of methoxy groups -OCH3 is 1. The lowest BCUT2D eigenvalue weighted by Crippen LogP contribution is -2.42. The van der Waals surface area contributed by atoms with Crippen molar-refractivity contribution in [2.75, 3.05) is 32.2 Å².